The van der Waals surface area contributed by atoms with Gasteiger partial charge in [-0.05, 0) is 42.7 Å². The average molecular weight is 462 g/mol. The maximum absolute atomic E-state index is 11.1. The smallest absolute Gasteiger partial charge is 0.217 e. The van der Waals surface area contributed by atoms with E-state index < -0.39 is 0 Å². The Labute approximate surface area is 165 Å². The number of primary amides is 1. The lowest BCUT2D eigenvalue weighted by atomic mass is 9.95. The van der Waals surface area contributed by atoms with E-state index in [1.54, 1.807) is 18.8 Å². The minimum absolute atomic E-state index is 0. The van der Waals surface area contributed by atoms with Crippen LogP contribution in [0.1, 0.15) is 24.8 Å². The number of carbonyl (C=O) groups excluding carboxylic acids is 1. The van der Waals surface area contributed by atoms with E-state index >= 15 is 0 Å². The molecule has 0 spiro atoms. The molecule has 24 heavy (non-hydrogen) atoms. The largest absolute Gasteiger partial charge is 0.370 e. The third-order valence-electron chi connectivity index (χ3n) is 4.13. The van der Waals surface area contributed by atoms with Crippen LogP contribution < -0.4 is 11.1 Å². The van der Waals surface area contributed by atoms with Crippen LogP contribution in [0.3, 0.4) is 0 Å². The second kappa shape index (κ2) is 10.8. The number of halogens is 1. The first-order valence-corrected chi connectivity index (χ1v) is 9.21. The molecule has 0 aromatic heterocycles. The van der Waals surface area contributed by atoms with Crippen LogP contribution >= 0.6 is 35.7 Å². The van der Waals surface area contributed by atoms with E-state index in [1.165, 1.54) is 10.5 Å². The van der Waals surface area contributed by atoms with Gasteiger partial charge in [0.1, 0.15) is 0 Å². The summed E-state index contributed by atoms with van der Waals surface area (Å²) in [4.78, 5) is 19.0. The van der Waals surface area contributed by atoms with Crippen LogP contribution in [0.5, 0.6) is 0 Å². The summed E-state index contributed by atoms with van der Waals surface area (Å²) in [6.07, 6.45) is 4.67. The Morgan fingerprint density at radius 1 is 1.42 bits per heavy atom. The number of hydrogen-bond acceptors (Lipinski definition) is 3. The van der Waals surface area contributed by atoms with Gasteiger partial charge in [-0.2, -0.15) is 0 Å². The van der Waals surface area contributed by atoms with E-state index in [0.29, 0.717) is 12.3 Å². The van der Waals surface area contributed by atoms with Gasteiger partial charge in [0.15, 0.2) is 5.96 Å². The van der Waals surface area contributed by atoms with Crippen molar-refractivity contribution in [2.75, 3.05) is 26.4 Å². The topological polar surface area (TPSA) is 70.7 Å². The molecule has 1 heterocycles. The molecule has 1 aromatic carbocycles. The zero-order valence-corrected chi connectivity index (χ0v) is 17.5. The molecule has 0 saturated carbocycles. The number of nitrogens with one attached hydrogen (secondary N) is 1. The quantitative estimate of drug-likeness (QED) is 0.306. The molecule has 1 aromatic rings. The van der Waals surface area contributed by atoms with Crippen molar-refractivity contribution in [1.82, 2.24) is 10.2 Å². The number of thioether (sulfide) groups is 1. The van der Waals surface area contributed by atoms with Crippen LogP contribution in [0.2, 0.25) is 0 Å². The summed E-state index contributed by atoms with van der Waals surface area (Å²) < 4.78 is 0. The summed E-state index contributed by atoms with van der Waals surface area (Å²) in [5.41, 5.74) is 6.56. The van der Waals surface area contributed by atoms with E-state index in [-0.39, 0.29) is 29.9 Å². The Morgan fingerprint density at radius 2 is 2.12 bits per heavy atom. The van der Waals surface area contributed by atoms with Gasteiger partial charge < -0.3 is 16.0 Å². The number of benzene rings is 1. The van der Waals surface area contributed by atoms with Crippen LogP contribution in [0.15, 0.2) is 34.2 Å². The first-order valence-electron chi connectivity index (χ1n) is 7.99. The predicted molar refractivity (Wildman–Crippen MR) is 112 cm³/mol. The number of piperidine rings is 1. The standard InChI is InChI=1S/C17H26N4OS.HI/c1-19-17(20-11-13-5-7-15(23-2)8-6-13)21-9-3-4-14(12-21)10-16(18)22;/h5-8,14H,3-4,9-12H2,1-2H3,(H2,18,22)(H,19,20);1H. The van der Waals surface area contributed by atoms with E-state index in [1.807, 2.05) is 0 Å². The molecule has 1 aliphatic heterocycles. The van der Waals surface area contributed by atoms with Crippen molar-refractivity contribution in [3.8, 4) is 0 Å². The third kappa shape index (κ3) is 6.51. The summed E-state index contributed by atoms with van der Waals surface area (Å²) in [5, 5.41) is 3.42. The van der Waals surface area contributed by atoms with Crippen LogP contribution in [0.4, 0.5) is 0 Å². The highest BCUT2D eigenvalue weighted by Gasteiger charge is 2.23. The third-order valence-corrected chi connectivity index (χ3v) is 4.87. The van der Waals surface area contributed by atoms with Crippen molar-refractivity contribution in [2.45, 2.75) is 30.7 Å². The van der Waals surface area contributed by atoms with E-state index in [0.717, 1.165) is 38.4 Å². The molecule has 1 amide bonds. The van der Waals surface area contributed by atoms with Gasteiger partial charge >= 0.3 is 0 Å². The summed E-state index contributed by atoms with van der Waals surface area (Å²) in [6.45, 7) is 2.56. The number of guanidine groups is 1. The van der Waals surface area contributed by atoms with Crippen molar-refractivity contribution in [3.05, 3.63) is 29.8 Å². The van der Waals surface area contributed by atoms with Gasteiger partial charge in [0.2, 0.25) is 5.91 Å². The number of nitrogens with zero attached hydrogens (tertiary/aromatic N) is 2. The average Bonchev–Trinajstić information content (AvgIpc) is 2.56. The fourth-order valence-corrected chi connectivity index (χ4v) is 3.37. The molecule has 3 N–H and O–H groups in total. The zero-order valence-electron chi connectivity index (χ0n) is 14.3. The number of rotatable bonds is 5. The fraction of sp³-hybridized carbons (Fsp3) is 0.529. The molecule has 1 aliphatic rings. The van der Waals surface area contributed by atoms with Gasteiger partial charge in [-0.1, -0.05) is 12.1 Å². The van der Waals surface area contributed by atoms with Gasteiger partial charge in [-0.3, -0.25) is 9.79 Å². The van der Waals surface area contributed by atoms with Crippen molar-refractivity contribution >= 4 is 47.6 Å². The summed E-state index contributed by atoms with van der Waals surface area (Å²) in [7, 11) is 1.80. The molecule has 1 unspecified atom stereocenters. The van der Waals surface area contributed by atoms with Gasteiger partial charge in [-0.15, -0.1) is 35.7 Å². The summed E-state index contributed by atoms with van der Waals surface area (Å²) in [6, 6.07) is 8.54. The minimum Gasteiger partial charge on any atom is -0.370 e. The molecular weight excluding hydrogens is 435 g/mol. The minimum atomic E-state index is -0.214. The number of carbonyl (C=O) groups is 1. The van der Waals surface area contributed by atoms with E-state index in [2.05, 4.69) is 45.7 Å². The fourth-order valence-electron chi connectivity index (χ4n) is 2.97. The van der Waals surface area contributed by atoms with Gasteiger partial charge in [0.25, 0.3) is 0 Å². The molecule has 0 aliphatic carbocycles. The molecule has 134 valence electrons. The lowest BCUT2D eigenvalue weighted by Crippen LogP contribution is -2.46. The molecular formula is C17H27IN4OS. The number of hydrogen-bond donors (Lipinski definition) is 2. The number of nitrogens with two attached hydrogens (primary N) is 1. The molecule has 1 atom stereocenters. The van der Waals surface area contributed by atoms with Crippen molar-refractivity contribution in [2.24, 2.45) is 16.6 Å². The maximum atomic E-state index is 11.1. The summed E-state index contributed by atoms with van der Waals surface area (Å²) in [5.74, 6) is 1.02. The highest BCUT2D eigenvalue weighted by atomic mass is 127. The van der Waals surface area contributed by atoms with Crippen LogP contribution in [0.25, 0.3) is 0 Å². The van der Waals surface area contributed by atoms with Crippen LogP contribution in [-0.4, -0.2) is 43.2 Å². The Kier molecular flexibility index (Phi) is 9.50. The molecule has 1 fully saturated rings. The number of likely N-dealkylation sites (tertiary alicyclic amines) is 1. The van der Waals surface area contributed by atoms with Crippen molar-refractivity contribution in [1.29, 1.82) is 0 Å². The zero-order chi connectivity index (χ0) is 16.7. The monoisotopic (exact) mass is 462 g/mol. The predicted octanol–water partition coefficient (Wildman–Crippen LogP) is 2.69. The van der Waals surface area contributed by atoms with Crippen molar-refractivity contribution in [3.63, 3.8) is 0 Å². The Balaban J connectivity index is 0.00000288. The molecule has 1 saturated heterocycles. The first kappa shape index (κ1) is 21.1. The van der Waals surface area contributed by atoms with Crippen LogP contribution in [-0.2, 0) is 11.3 Å². The van der Waals surface area contributed by atoms with E-state index in [4.69, 9.17) is 5.73 Å². The molecule has 2 rings (SSSR count). The van der Waals surface area contributed by atoms with Crippen molar-refractivity contribution < 1.29 is 4.79 Å². The summed E-state index contributed by atoms with van der Waals surface area (Å²) >= 11 is 1.74. The first-order chi connectivity index (χ1) is 11.1. The maximum Gasteiger partial charge on any atom is 0.217 e. The second-order valence-electron chi connectivity index (χ2n) is 5.87. The molecule has 5 nitrogen and oxygen atoms in total. The normalized spacial score (nSPS) is 18.0. The van der Waals surface area contributed by atoms with Gasteiger partial charge in [0, 0.05) is 38.0 Å². The Hall–Kier alpha value is -0.960. The molecule has 7 heteroatoms. The molecule has 0 bridgehead atoms. The SMILES string of the molecule is CN=C(NCc1ccc(SC)cc1)N1CCCC(CC(N)=O)C1.I. The number of amides is 1. The van der Waals surface area contributed by atoms with Crippen LogP contribution in [0, 0.1) is 5.92 Å². The van der Waals surface area contributed by atoms with Gasteiger partial charge in [0.05, 0.1) is 0 Å². The Bertz CT molecular complexity index is 550. The highest BCUT2D eigenvalue weighted by Crippen LogP contribution is 2.19. The number of aliphatic imine (C=N–C) groups is 1. The highest BCUT2D eigenvalue weighted by molar-refractivity contribution is 14.0. The lowest BCUT2D eigenvalue weighted by molar-refractivity contribution is -0.119. The van der Waals surface area contributed by atoms with Gasteiger partial charge in [-0.25, -0.2) is 0 Å². The molecule has 0 radical (unpaired) electrons. The Morgan fingerprint density at radius 3 is 2.71 bits per heavy atom. The lowest BCUT2D eigenvalue weighted by Gasteiger charge is -2.34. The van der Waals surface area contributed by atoms with E-state index in [9.17, 15) is 4.79 Å². The second-order valence-corrected chi connectivity index (χ2v) is 6.75.